The van der Waals surface area contributed by atoms with Crippen LogP contribution in [0, 0.1) is 0 Å². The molecule has 5 aromatic carbocycles. The van der Waals surface area contributed by atoms with Crippen molar-refractivity contribution in [3.63, 3.8) is 0 Å². The van der Waals surface area contributed by atoms with E-state index in [2.05, 4.69) is 38.6 Å². The van der Waals surface area contributed by atoms with Crippen LogP contribution in [0.4, 0.5) is 0 Å². The third-order valence-corrected chi connectivity index (χ3v) is 9.71. The van der Waals surface area contributed by atoms with Crippen molar-refractivity contribution in [3.05, 3.63) is 127 Å². The molecule has 2 aliphatic heterocycles. The van der Waals surface area contributed by atoms with Crippen molar-refractivity contribution in [1.29, 1.82) is 0 Å². The van der Waals surface area contributed by atoms with Crippen LogP contribution in [-0.4, -0.2) is 39.9 Å². The molecule has 237 valence electrons. The fourth-order valence-electron chi connectivity index (χ4n) is 6.43. The third-order valence-electron chi connectivity index (χ3n) is 8.73. The Bertz CT molecular complexity index is 2770. The standard InChI is InChI=1S/C32H17N8.C7H8N.Cu/c1-2-10-18-17(9-1)25-33-26(18)38-28-21-13-5-6-14-22(21)30(35-28)40-32-24-16-8-7-15-23(24)31(36-32)39-29-20-12-4-3-11-19(20)27(34-29)37-25;8-6-7-4-2-1-3-5-7;/h1-15H,(H2,33,34,35,36,37,38,39,40);1-5,8H,6H2;/q;-1;+1. The van der Waals surface area contributed by atoms with Crippen molar-refractivity contribution in [2.45, 2.75) is 6.54 Å². The Morgan fingerprint density at radius 3 is 1.45 bits per heavy atom. The van der Waals surface area contributed by atoms with Crippen molar-refractivity contribution in [1.82, 2.24) is 44.2 Å². The summed E-state index contributed by atoms with van der Waals surface area (Å²) in [4.78, 5) is 37.6. The molecule has 0 amide bonds. The van der Waals surface area contributed by atoms with Crippen molar-refractivity contribution in [3.8, 4) is 45.6 Å². The second-order valence-electron chi connectivity index (χ2n) is 11.7. The molecule has 10 rings (SSSR count). The van der Waals surface area contributed by atoms with E-state index in [0.29, 0.717) is 52.4 Å². The van der Waals surface area contributed by atoms with Gasteiger partial charge in [0.1, 0.15) is 0 Å². The van der Waals surface area contributed by atoms with Crippen molar-refractivity contribution in [2.75, 3.05) is 0 Å². The maximum atomic E-state index is 5.20. The Kier molecular flexibility index (Phi) is 6.45. The predicted molar refractivity (Wildman–Crippen MR) is 189 cm³/mol. The number of nitrogens with zero attached hydrogens (tertiary/aromatic N) is 6. The normalized spacial score (nSPS) is 12.0. The number of rotatable bonds is 4. The zero-order valence-corrected chi connectivity index (χ0v) is 26.7. The van der Waals surface area contributed by atoms with Crippen molar-refractivity contribution < 1.29 is 15.2 Å². The second-order valence-corrected chi connectivity index (χ2v) is 12.8. The molecule has 0 radical (unpaired) electrons. The van der Waals surface area contributed by atoms with Crippen molar-refractivity contribution in [2.24, 2.45) is 0 Å². The molecular weight excluding hydrogens is 658 g/mol. The molecule has 0 saturated carbocycles. The summed E-state index contributed by atoms with van der Waals surface area (Å²) in [5.41, 5.74) is 7.51. The van der Waals surface area contributed by atoms with Gasteiger partial charge in [-0.15, -0.1) is 0 Å². The molecule has 0 spiro atoms. The van der Waals surface area contributed by atoms with Gasteiger partial charge in [-0.1, -0.05) is 6.07 Å². The van der Waals surface area contributed by atoms with E-state index in [0.717, 1.165) is 48.3 Å². The number of benzene rings is 5. The molecule has 3 aromatic heterocycles. The molecule has 8 bridgehead atoms. The summed E-state index contributed by atoms with van der Waals surface area (Å²) in [7, 11) is 0. The monoisotopic (exact) mass is 682 g/mol. The van der Waals surface area contributed by atoms with E-state index in [1.165, 1.54) is 5.56 Å². The summed E-state index contributed by atoms with van der Waals surface area (Å²) in [6, 6.07) is 40.8. The third kappa shape index (κ3) is 4.73. The van der Waals surface area contributed by atoms with Gasteiger partial charge in [0.25, 0.3) is 0 Å². The second kappa shape index (κ2) is 11.3. The predicted octanol–water partition coefficient (Wildman–Crippen LogP) is 7.28. The van der Waals surface area contributed by atoms with E-state index < -0.39 is 0 Å². The summed E-state index contributed by atoms with van der Waals surface area (Å²) >= 11 is 1.69. The Balaban J connectivity index is 1.29. The van der Waals surface area contributed by atoms with Crippen LogP contribution in [0.1, 0.15) is 5.56 Å². The van der Waals surface area contributed by atoms with Gasteiger partial charge in [-0.05, 0) is 0 Å². The van der Waals surface area contributed by atoms with E-state index >= 15 is 0 Å². The van der Waals surface area contributed by atoms with Gasteiger partial charge in [0.05, 0.1) is 0 Å². The van der Waals surface area contributed by atoms with Gasteiger partial charge >= 0.3 is 281 Å². The summed E-state index contributed by atoms with van der Waals surface area (Å²) < 4.78 is 4.54. The molecule has 2 aliphatic rings. The Morgan fingerprint density at radius 1 is 0.429 bits per heavy atom. The number of H-pyrrole nitrogens is 2. The molecule has 3 N–H and O–H groups in total. The summed E-state index contributed by atoms with van der Waals surface area (Å²) in [5.74, 6) is 2.32. The van der Waals surface area contributed by atoms with Gasteiger partial charge in [-0.2, -0.15) is 0 Å². The molecule has 49 heavy (non-hydrogen) atoms. The number of aromatic amines is 2. The summed E-state index contributed by atoms with van der Waals surface area (Å²) in [5, 5.41) is 3.76. The van der Waals surface area contributed by atoms with Crippen LogP contribution in [-0.2, 0) is 21.7 Å². The van der Waals surface area contributed by atoms with E-state index in [4.69, 9.17) is 29.9 Å². The van der Waals surface area contributed by atoms with Crippen LogP contribution in [0.3, 0.4) is 0 Å². The first-order valence-corrected chi connectivity index (χ1v) is 16.8. The van der Waals surface area contributed by atoms with Crippen LogP contribution in [0.5, 0.6) is 0 Å². The summed E-state index contributed by atoms with van der Waals surface area (Å²) in [6.45, 7) is 0.704. The topological polar surface area (TPSA) is 121 Å². The van der Waals surface area contributed by atoms with Crippen molar-refractivity contribution >= 4 is 48.6 Å². The molecule has 9 nitrogen and oxygen atoms in total. The fraction of sp³-hybridized carbons (Fsp3) is 0.0256. The van der Waals surface area contributed by atoms with E-state index in [1.807, 2.05) is 97.1 Å². The van der Waals surface area contributed by atoms with Crippen LogP contribution in [0.25, 0.3) is 89.7 Å². The van der Waals surface area contributed by atoms with Crippen LogP contribution >= 0.6 is 0 Å². The fourth-order valence-corrected chi connectivity index (χ4v) is 7.41. The first-order chi connectivity index (χ1) is 24.3. The Labute approximate surface area is 286 Å². The van der Waals surface area contributed by atoms with Gasteiger partial charge < -0.3 is 0 Å². The van der Waals surface area contributed by atoms with Crippen LogP contribution in [0.15, 0.2) is 121 Å². The Hall–Kier alpha value is -6.06. The van der Waals surface area contributed by atoms with Gasteiger partial charge in [0.15, 0.2) is 0 Å². The first kappa shape index (κ1) is 28.0. The van der Waals surface area contributed by atoms with Crippen LogP contribution < -0.4 is 8.79 Å². The van der Waals surface area contributed by atoms with Gasteiger partial charge in [-0.25, -0.2) is 0 Å². The first-order valence-electron chi connectivity index (χ1n) is 15.8. The minimum absolute atomic E-state index is 0.576. The Morgan fingerprint density at radius 2 is 0.878 bits per heavy atom. The quantitative estimate of drug-likeness (QED) is 0.167. The van der Waals surface area contributed by atoms with E-state index in [9.17, 15) is 0 Å². The maximum absolute atomic E-state index is 5.20. The average Bonchev–Trinajstić information content (AvgIpc) is 3.88. The van der Waals surface area contributed by atoms with Gasteiger partial charge in [0.2, 0.25) is 0 Å². The molecule has 0 saturated heterocycles. The SMILES string of the molecule is c1ccc(C[NH][Cu][c]2cccc3c4nc5nc(nc6[nH]c(nc7nc(nc([nH]4)c23)-c2ccccc2-7)c2ccccc62)-c2ccccc2-5)cc1. The molecule has 8 aromatic rings. The molecular formula is C39H25CuN9. The van der Waals surface area contributed by atoms with Crippen LogP contribution in [0.2, 0.25) is 0 Å². The molecule has 10 heteroatoms. The molecule has 0 fully saturated rings. The number of aromatic nitrogens is 8. The zero-order chi connectivity index (χ0) is 32.3. The van der Waals surface area contributed by atoms with E-state index in [-0.39, 0.29) is 0 Å². The van der Waals surface area contributed by atoms with Gasteiger partial charge in [0, 0.05) is 0 Å². The number of hydrogen-bond acceptors (Lipinski definition) is 7. The number of hydrogen-bond donors (Lipinski definition) is 3. The molecule has 0 aliphatic carbocycles. The average molecular weight is 683 g/mol. The molecule has 0 atom stereocenters. The number of fused-ring (bicyclic) bond motifs is 20. The molecule has 0 unspecified atom stereocenters. The minimum atomic E-state index is 0.576. The molecule has 5 heterocycles. The number of nitrogens with one attached hydrogen (secondary N) is 3. The zero-order valence-electron chi connectivity index (χ0n) is 25.7. The summed E-state index contributed by atoms with van der Waals surface area (Å²) in [6.07, 6.45) is 0. The van der Waals surface area contributed by atoms with Gasteiger partial charge in [-0.3, -0.25) is 0 Å². The van der Waals surface area contributed by atoms with E-state index in [1.54, 1.807) is 15.2 Å².